The number of imide groups is 1. The van der Waals surface area contributed by atoms with Crippen molar-refractivity contribution in [2.45, 2.75) is 26.7 Å². The highest BCUT2D eigenvalue weighted by atomic mass is 16.2. The van der Waals surface area contributed by atoms with E-state index in [4.69, 9.17) is 0 Å². The largest absolute Gasteiger partial charge is 0.283 e. The van der Waals surface area contributed by atoms with Crippen molar-refractivity contribution in [2.75, 3.05) is 6.54 Å². The van der Waals surface area contributed by atoms with Crippen LogP contribution < -0.4 is 0 Å². The van der Waals surface area contributed by atoms with Crippen LogP contribution in [0.3, 0.4) is 0 Å². The van der Waals surface area contributed by atoms with E-state index >= 15 is 0 Å². The van der Waals surface area contributed by atoms with Gasteiger partial charge >= 0.3 is 0 Å². The van der Waals surface area contributed by atoms with E-state index in [1.807, 2.05) is 0 Å². The van der Waals surface area contributed by atoms with Gasteiger partial charge in [0.1, 0.15) is 0 Å². The van der Waals surface area contributed by atoms with E-state index in [0.717, 1.165) is 6.42 Å². The van der Waals surface area contributed by atoms with Crippen molar-refractivity contribution in [3.05, 3.63) is 0 Å². The molecule has 0 bridgehead atoms. The molecule has 2 amide bonds. The van der Waals surface area contributed by atoms with Gasteiger partial charge in [-0.05, 0) is 12.3 Å². The lowest BCUT2D eigenvalue weighted by atomic mass is 10.00. The number of amides is 2. The average Bonchev–Trinajstić information content (AvgIpc) is 1.94. The predicted octanol–water partition coefficient (Wildman–Crippen LogP) is 0.791. The van der Waals surface area contributed by atoms with Crippen LogP contribution in [-0.4, -0.2) is 23.3 Å². The molecular weight excluding hydrogens is 142 g/mol. The van der Waals surface area contributed by atoms with Gasteiger partial charge in [0.05, 0.1) is 0 Å². The summed E-state index contributed by atoms with van der Waals surface area (Å²) in [4.78, 5) is 23.3. The molecule has 0 radical (unpaired) electrons. The fourth-order valence-electron chi connectivity index (χ4n) is 1.31. The highest BCUT2D eigenvalue weighted by Gasteiger charge is 2.25. The molecule has 1 saturated heterocycles. The maximum atomic E-state index is 11.1. The molecule has 1 fully saturated rings. The molecule has 0 aliphatic carbocycles. The molecule has 0 spiro atoms. The fraction of sp³-hybridized carbons (Fsp3) is 0.750. The maximum Gasteiger partial charge on any atom is 0.229 e. The quantitative estimate of drug-likeness (QED) is 0.518. The summed E-state index contributed by atoms with van der Waals surface area (Å²) in [7, 11) is 0. The van der Waals surface area contributed by atoms with Gasteiger partial charge in [-0.15, -0.1) is 0 Å². The first kappa shape index (κ1) is 8.24. The number of piperidine rings is 1. The van der Waals surface area contributed by atoms with Crippen molar-refractivity contribution in [1.82, 2.24) is 4.90 Å². The normalized spacial score (nSPS) is 25.5. The van der Waals surface area contributed by atoms with Crippen LogP contribution in [0.5, 0.6) is 0 Å². The van der Waals surface area contributed by atoms with E-state index in [1.54, 1.807) is 0 Å². The molecule has 1 unspecified atom stereocenters. The molecule has 62 valence electrons. The van der Waals surface area contributed by atoms with Crippen molar-refractivity contribution in [2.24, 2.45) is 5.92 Å². The van der Waals surface area contributed by atoms with Gasteiger partial charge in [-0.1, -0.05) is 6.92 Å². The third-order valence-corrected chi connectivity index (χ3v) is 2.03. The van der Waals surface area contributed by atoms with E-state index in [1.165, 1.54) is 11.8 Å². The number of hydrogen-bond acceptors (Lipinski definition) is 2. The molecule has 3 nitrogen and oxygen atoms in total. The van der Waals surface area contributed by atoms with Crippen LogP contribution in [0.15, 0.2) is 0 Å². The van der Waals surface area contributed by atoms with E-state index in [2.05, 4.69) is 6.92 Å². The van der Waals surface area contributed by atoms with Crippen molar-refractivity contribution in [1.29, 1.82) is 0 Å². The Labute approximate surface area is 66.4 Å². The van der Waals surface area contributed by atoms with Gasteiger partial charge < -0.3 is 0 Å². The minimum absolute atomic E-state index is 0.0180. The number of likely N-dealkylation sites (tertiary alicyclic amines) is 1. The minimum Gasteiger partial charge on any atom is -0.283 e. The summed E-state index contributed by atoms with van der Waals surface area (Å²) in [5.41, 5.74) is 0. The summed E-state index contributed by atoms with van der Waals surface area (Å²) in [6, 6.07) is 0. The Morgan fingerprint density at radius 3 is 2.73 bits per heavy atom. The summed E-state index contributed by atoms with van der Waals surface area (Å²) in [6.45, 7) is 4.10. The van der Waals surface area contributed by atoms with Crippen LogP contribution in [0, 0.1) is 5.92 Å². The molecule has 0 aromatic heterocycles. The standard InChI is InChI=1S/C8H13NO2/c1-6-3-4-8(11)9(5-6)7(2)10/h6H,3-5H2,1-2H3. The molecule has 11 heavy (non-hydrogen) atoms. The Bertz CT molecular complexity index is 189. The van der Waals surface area contributed by atoms with Gasteiger partial charge in [0.2, 0.25) is 11.8 Å². The summed E-state index contributed by atoms with van der Waals surface area (Å²) in [6.07, 6.45) is 1.45. The second-order valence-corrected chi connectivity index (χ2v) is 3.17. The molecule has 1 rings (SSSR count). The minimum atomic E-state index is -0.124. The lowest BCUT2D eigenvalue weighted by Gasteiger charge is -2.27. The topological polar surface area (TPSA) is 37.4 Å². The fourth-order valence-corrected chi connectivity index (χ4v) is 1.31. The zero-order chi connectivity index (χ0) is 8.43. The molecule has 0 aromatic carbocycles. The second-order valence-electron chi connectivity index (χ2n) is 3.17. The summed E-state index contributed by atoms with van der Waals surface area (Å²) >= 11 is 0. The third kappa shape index (κ3) is 1.79. The monoisotopic (exact) mass is 155 g/mol. The third-order valence-electron chi connectivity index (χ3n) is 2.03. The molecule has 1 heterocycles. The van der Waals surface area contributed by atoms with Crippen molar-refractivity contribution in [3.63, 3.8) is 0 Å². The highest BCUT2D eigenvalue weighted by Crippen LogP contribution is 2.16. The van der Waals surface area contributed by atoms with Crippen molar-refractivity contribution in [3.8, 4) is 0 Å². The Hall–Kier alpha value is -0.860. The van der Waals surface area contributed by atoms with Crippen LogP contribution in [0.1, 0.15) is 26.7 Å². The number of carbonyl (C=O) groups is 2. The van der Waals surface area contributed by atoms with Crippen LogP contribution in [-0.2, 0) is 9.59 Å². The molecular formula is C8H13NO2. The first-order chi connectivity index (χ1) is 5.11. The maximum absolute atomic E-state index is 11.1. The molecule has 0 N–H and O–H groups in total. The number of carbonyl (C=O) groups excluding carboxylic acids is 2. The number of nitrogens with zero attached hydrogens (tertiary/aromatic N) is 1. The molecule has 0 aromatic rings. The number of rotatable bonds is 0. The van der Waals surface area contributed by atoms with E-state index in [-0.39, 0.29) is 11.8 Å². The van der Waals surface area contributed by atoms with Crippen molar-refractivity contribution >= 4 is 11.8 Å². The predicted molar refractivity (Wildman–Crippen MR) is 40.8 cm³/mol. The van der Waals surface area contributed by atoms with Gasteiger partial charge in [0.25, 0.3) is 0 Å². The molecule has 1 atom stereocenters. The Morgan fingerprint density at radius 1 is 1.64 bits per heavy atom. The lowest BCUT2D eigenvalue weighted by molar-refractivity contribution is -0.146. The zero-order valence-electron chi connectivity index (χ0n) is 6.96. The molecule has 3 heteroatoms. The van der Waals surface area contributed by atoms with Gasteiger partial charge in [0.15, 0.2) is 0 Å². The smallest absolute Gasteiger partial charge is 0.229 e. The SMILES string of the molecule is CC(=O)N1CC(C)CCC1=O. The average molecular weight is 155 g/mol. The van der Waals surface area contributed by atoms with E-state index in [9.17, 15) is 9.59 Å². The summed E-state index contributed by atoms with van der Waals surface area (Å²) in [5.74, 6) is 0.328. The second kappa shape index (κ2) is 3.03. The summed E-state index contributed by atoms with van der Waals surface area (Å²) in [5, 5.41) is 0. The van der Waals surface area contributed by atoms with Crippen LogP contribution in [0.2, 0.25) is 0 Å². The first-order valence-electron chi connectivity index (χ1n) is 3.92. The first-order valence-corrected chi connectivity index (χ1v) is 3.92. The Kier molecular flexibility index (Phi) is 2.27. The van der Waals surface area contributed by atoms with Gasteiger partial charge in [0, 0.05) is 19.9 Å². The highest BCUT2D eigenvalue weighted by molar-refractivity contribution is 5.94. The molecule has 1 aliphatic rings. The van der Waals surface area contributed by atoms with Gasteiger partial charge in [-0.25, -0.2) is 0 Å². The van der Waals surface area contributed by atoms with Gasteiger partial charge in [-0.3, -0.25) is 14.5 Å². The zero-order valence-corrected chi connectivity index (χ0v) is 6.96. The molecule has 0 saturated carbocycles. The van der Waals surface area contributed by atoms with E-state index < -0.39 is 0 Å². The van der Waals surface area contributed by atoms with Crippen LogP contribution in [0.25, 0.3) is 0 Å². The Balaban J connectivity index is 2.61. The van der Waals surface area contributed by atoms with Crippen molar-refractivity contribution < 1.29 is 9.59 Å². The van der Waals surface area contributed by atoms with Gasteiger partial charge in [-0.2, -0.15) is 0 Å². The Morgan fingerprint density at radius 2 is 2.27 bits per heavy atom. The van der Waals surface area contributed by atoms with Crippen LogP contribution >= 0.6 is 0 Å². The molecule has 1 aliphatic heterocycles. The number of hydrogen-bond donors (Lipinski definition) is 0. The lowest BCUT2D eigenvalue weighted by Crippen LogP contribution is -2.41. The van der Waals surface area contributed by atoms with Crippen LogP contribution in [0.4, 0.5) is 0 Å². The van der Waals surface area contributed by atoms with E-state index in [0.29, 0.717) is 18.9 Å². The summed E-state index contributed by atoms with van der Waals surface area (Å²) < 4.78 is 0.